The Hall–Kier alpha value is -3.31. The van der Waals surface area contributed by atoms with E-state index >= 15 is 0 Å². The number of hydrogen-bond donors (Lipinski definition) is 9. The van der Waals surface area contributed by atoms with Crippen molar-refractivity contribution in [3.8, 4) is 28.6 Å². The van der Waals surface area contributed by atoms with Crippen LogP contribution in [0, 0.1) is 0 Å². The van der Waals surface area contributed by atoms with Gasteiger partial charge in [0.1, 0.15) is 77.2 Å². The van der Waals surface area contributed by atoms with E-state index in [4.69, 9.17) is 18.6 Å². The Morgan fingerprint density at radius 1 is 0.775 bits per heavy atom. The van der Waals surface area contributed by atoms with Crippen LogP contribution < -0.4 is 5.43 Å². The second kappa shape index (κ2) is 10.9. The van der Waals surface area contributed by atoms with Gasteiger partial charge in [-0.1, -0.05) is 0 Å². The number of ether oxygens (including phenoxy) is 3. The van der Waals surface area contributed by atoms with Crippen molar-refractivity contribution in [2.75, 3.05) is 13.2 Å². The van der Waals surface area contributed by atoms with E-state index in [1.807, 2.05) is 0 Å². The highest BCUT2D eigenvalue weighted by Gasteiger charge is 2.52. The van der Waals surface area contributed by atoms with Crippen molar-refractivity contribution < 1.29 is 64.6 Å². The highest BCUT2D eigenvalue weighted by Crippen LogP contribution is 2.45. The van der Waals surface area contributed by atoms with E-state index in [1.165, 1.54) is 24.3 Å². The van der Waals surface area contributed by atoms with Gasteiger partial charge in [-0.25, -0.2) is 0 Å². The van der Waals surface area contributed by atoms with E-state index in [1.54, 1.807) is 0 Å². The third-order valence-corrected chi connectivity index (χ3v) is 7.09. The van der Waals surface area contributed by atoms with Gasteiger partial charge >= 0.3 is 0 Å². The van der Waals surface area contributed by atoms with Crippen molar-refractivity contribution in [2.24, 2.45) is 0 Å². The van der Waals surface area contributed by atoms with Crippen LogP contribution in [0.15, 0.2) is 45.6 Å². The van der Waals surface area contributed by atoms with Gasteiger partial charge in [0.25, 0.3) is 0 Å². The van der Waals surface area contributed by atoms with E-state index in [0.29, 0.717) is 5.56 Å². The number of hydrogen-bond acceptors (Lipinski definition) is 14. The molecule has 0 radical (unpaired) electrons. The summed E-state index contributed by atoms with van der Waals surface area (Å²) in [4.78, 5) is 13.1. The molecule has 14 nitrogen and oxygen atoms in total. The lowest BCUT2D eigenvalue weighted by molar-refractivity contribution is -0.289. The minimum Gasteiger partial charge on any atom is -0.508 e. The first-order valence-corrected chi connectivity index (χ1v) is 12.3. The lowest BCUT2D eigenvalue weighted by Crippen LogP contribution is -2.57. The predicted molar refractivity (Wildman–Crippen MR) is 132 cm³/mol. The maximum Gasteiger partial charge on any atom is 0.197 e. The molecular formula is C26H28O14. The molecule has 216 valence electrons. The van der Waals surface area contributed by atoms with Crippen molar-refractivity contribution in [3.63, 3.8) is 0 Å². The summed E-state index contributed by atoms with van der Waals surface area (Å²) in [7, 11) is 0. The molecule has 1 aromatic heterocycles. The highest BCUT2D eigenvalue weighted by molar-refractivity contribution is 5.89. The van der Waals surface area contributed by atoms with Gasteiger partial charge in [-0.3, -0.25) is 4.79 Å². The van der Waals surface area contributed by atoms with Crippen LogP contribution in [0.2, 0.25) is 0 Å². The fourth-order valence-electron chi connectivity index (χ4n) is 4.97. The number of aromatic hydroxyl groups is 3. The normalized spacial score (nSPS) is 32.5. The summed E-state index contributed by atoms with van der Waals surface area (Å²) in [6.07, 6.45) is -14.4. The van der Waals surface area contributed by atoms with E-state index in [-0.39, 0.29) is 28.0 Å². The molecule has 2 aliphatic heterocycles. The quantitative estimate of drug-likeness (QED) is 0.167. The number of phenolic OH excluding ortho intramolecular Hbond substituents is 3. The Balaban J connectivity index is 1.67. The van der Waals surface area contributed by atoms with Gasteiger partial charge in [0.05, 0.1) is 18.8 Å². The number of aliphatic hydroxyl groups excluding tert-OH is 6. The average Bonchev–Trinajstić information content (AvgIpc) is 3.20. The van der Waals surface area contributed by atoms with Crippen LogP contribution in [0.3, 0.4) is 0 Å². The molecule has 3 aromatic rings. The number of fused-ring (bicyclic) bond motifs is 1. The lowest BCUT2D eigenvalue weighted by Gasteiger charge is -2.43. The molecule has 5 rings (SSSR count). The van der Waals surface area contributed by atoms with Gasteiger partial charge in [0.15, 0.2) is 17.3 Å². The molecule has 2 aromatic carbocycles. The van der Waals surface area contributed by atoms with Crippen molar-refractivity contribution in [1.82, 2.24) is 0 Å². The summed E-state index contributed by atoms with van der Waals surface area (Å²) in [6.45, 7) is -1.45. The maximum absolute atomic E-state index is 13.1. The van der Waals surface area contributed by atoms with Gasteiger partial charge in [-0.2, -0.15) is 0 Å². The van der Waals surface area contributed by atoms with Crippen LogP contribution >= 0.6 is 0 Å². The molecule has 0 saturated carbocycles. The Kier molecular flexibility index (Phi) is 7.71. The second-order valence-corrected chi connectivity index (χ2v) is 9.62. The van der Waals surface area contributed by atoms with Crippen LogP contribution in [0.1, 0.15) is 11.7 Å². The van der Waals surface area contributed by atoms with Crippen molar-refractivity contribution in [1.29, 1.82) is 0 Å². The molecule has 3 heterocycles. The fraction of sp³-hybridized carbons (Fsp3) is 0.423. The molecule has 9 N–H and O–H groups in total. The van der Waals surface area contributed by atoms with E-state index in [0.717, 1.165) is 12.1 Å². The predicted octanol–water partition coefficient (Wildman–Crippen LogP) is -1.45. The Morgan fingerprint density at radius 2 is 1.40 bits per heavy atom. The molecule has 0 spiro atoms. The zero-order valence-electron chi connectivity index (χ0n) is 20.6. The SMILES string of the molecule is O=c1cc(-c2ccc(O)cc2)oc2c([C@@H]3O[C@H](CO)[C@@H](O)[C@H](O)[C@H]3O[C@H]3O[C@H](CO)[C@@H](O)[C@@H]3O)c(O)cc(O)c12. The largest absolute Gasteiger partial charge is 0.508 e. The fourth-order valence-corrected chi connectivity index (χ4v) is 4.97. The topological polar surface area (TPSA) is 240 Å². The lowest BCUT2D eigenvalue weighted by atomic mass is 9.89. The third-order valence-electron chi connectivity index (χ3n) is 7.09. The molecule has 2 aliphatic rings. The standard InChI is InChI=1S/C26H28O14/c27-7-15-19(33)21(35)25(40-26-22(36)20(34)16(8-28)39-26)24(38-15)18-12(31)5-11(30)17-13(32)6-14(37-23(17)18)9-1-3-10(29)4-2-9/h1-6,15-16,19-22,24-31,33-36H,7-8H2/t15-,16-,19-,20-,21+,22+,24+,25-,26-/m1/s1. The first-order valence-electron chi connectivity index (χ1n) is 12.3. The van der Waals surface area contributed by atoms with E-state index in [2.05, 4.69) is 0 Å². The number of rotatable bonds is 6. The smallest absolute Gasteiger partial charge is 0.197 e. The van der Waals surface area contributed by atoms with Crippen LogP contribution in [0.25, 0.3) is 22.3 Å². The highest BCUT2D eigenvalue weighted by atomic mass is 16.7. The first-order chi connectivity index (χ1) is 19.0. The minimum atomic E-state index is -1.84. The Bertz CT molecular complexity index is 1420. The molecule has 40 heavy (non-hydrogen) atoms. The molecule has 14 heteroatoms. The third kappa shape index (κ3) is 4.79. The molecule has 0 amide bonds. The van der Waals surface area contributed by atoms with Crippen molar-refractivity contribution in [3.05, 3.63) is 52.2 Å². The Morgan fingerprint density at radius 3 is 2.02 bits per heavy atom. The van der Waals surface area contributed by atoms with Gasteiger partial charge < -0.3 is 64.6 Å². The van der Waals surface area contributed by atoms with Gasteiger partial charge in [-0.05, 0) is 24.3 Å². The van der Waals surface area contributed by atoms with E-state index < -0.39 is 85.3 Å². The molecule has 0 bridgehead atoms. The summed E-state index contributed by atoms with van der Waals surface area (Å²) < 4.78 is 22.8. The van der Waals surface area contributed by atoms with Gasteiger partial charge in [0, 0.05) is 17.7 Å². The Labute approximate surface area is 225 Å². The van der Waals surface area contributed by atoms with Gasteiger partial charge in [-0.15, -0.1) is 0 Å². The molecule has 2 fully saturated rings. The average molecular weight is 564 g/mol. The molecular weight excluding hydrogens is 536 g/mol. The van der Waals surface area contributed by atoms with E-state index in [9.17, 15) is 50.8 Å². The zero-order chi connectivity index (χ0) is 28.9. The number of benzene rings is 2. The van der Waals surface area contributed by atoms with Crippen LogP contribution in [-0.4, -0.2) is 108 Å². The molecule has 0 unspecified atom stereocenters. The number of phenols is 3. The molecule has 2 saturated heterocycles. The van der Waals surface area contributed by atoms with Crippen molar-refractivity contribution in [2.45, 2.75) is 55.1 Å². The van der Waals surface area contributed by atoms with Crippen LogP contribution in [0.4, 0.5) is 0 Å². The molecule has 0 aliphatic carbocycles. The number of aliphatic hydroxyl groups is 6. The van der Waals surface area contributed by atoms with Gasteiger partial charge in [0.2, 0.25) is 0 Å². The zero-order valence-corrected chi connectivity index (χ0v) is 20.6. The first kappa shape index (κ1) is 28.2. The van der Waals surface area contributed by atoms with Crippen LogP contribution in [-0.2, 0) is 14.2 Å². The summed E-state index contributed by atoms with van der Waals surface area (Å²) in [6, 6.07) is 7.52. The summed E-state index contributed by atoms with van der Waals surface area (Å²) >= 11 is 0. The second-order valence-electron chi connectivity index (χ2n) is 9.62. The minimum absolute atomic E-state index is 0.0280. The van der Waals surface area contributed by atoms with Crippen LogP contribution in [0.5, 0.6) is 17.2 Å². The monoisotopic (exact) mass is 564 g/mol. The summed E-state index contributed by atoms with van der Waals surface area (Å²) in [5.41, 5.74) is -1.07. The summed E-state index contributed by atoms with van der Waals surface area (Å²) in [5.74, 6) is -1.39. The van der Waals surface area contributed by atoms with Crippen molar-refractivity contribution >= 4 is 11.0 Å². The molecule has 9 atom stereocenters. The maximum atomic E-state index is 13.1. The summed E-state index contributed by atoms with van der Waals surface area (Å²) in [5, 5.41) is 91.9.